The van der Waals surface area contributed by atoms with Crippen molar-refractivity contribution in [3.63, 3.8) is 0 Å². The molecular weight excluding hydrogens is 304 g/mol. The number of aromatic hydroxyl groups is 1. The van der Waals surface area contributed by atoms with Gasteiger partial charge in [0.2, 0.25) is 0 Å². The van der Waals surface area contributed by atoms with E-state index >= 15 is 0 Å². The quantitative estimate of drug-likeness (QED) is 0.631. The molecule has 0 atom stereocenters. The number of H-pyrrole nitrogens is 1. The fourth-order valence-corrected chi connectivity index (χ4v) is 2.54. The van der Waals surface area contributed by atoms with Gasteiger partial charge in [0, 0.05) is 12.7 Å². The normalized spacial score (nSPS) is 11.0. The fourth-order valence-electron chi connectivity index (χ4n) is 2.34. The van der Waals surface area contributed by atoms with Crippen LogP contribution < -0.4 is 11.0 Å². The van der Waals surface area contributed by atoms with E-state index < -0.39 is 0 Å². The first-order valence-electron chi connectivity index (χ1n) is 6.91. The molecule has 0 spiro atoms. The molecule has 0 saturated carbocycles. The lowest BCUT2D eigenvalue weighted by molar-refractivity contribution is 0.474. The van der Waals surface area contributed by atoms with Crippen LogP contribution in [0.15, 0.2) is 41.3 Å². The highest BCUT2D eigenvalue weighted by molar-refractivity contribution is 6.30. The number of anilines is 1. The van der Waals surface area contributed by atoms with Gasteiger partial charge in [0.05, 0.1) is 10.7 Å². The van der Waals surface area contributed by atoms with Crippen LogP contribution in [0.1, 0.15) is 12.0 Å². The van der Waals surface area contributed by atoms with Crippen LogP contribution in [0.25, 0.3) is 5.65 Å². The second kappa shape index (κ2) is 6.11. The Kier molecular flexibility index (Phi) is 4.02. The molecule has 3 aromatic rings. The molecule has 7 heteroatoms. The summed E-state index contributed by atoms with van der Waals surface area (Å²) in [5.74, 6) is 0.276. The summed E-state index contributed by atoms with van der Waals surface area (Å²) < 4.78 is 1.37. The van der Waals surface area contributed by atoms with E-state index in [9.17, 15) is 9.90 Å². The van der Waals surface area contributed by atoms with Gasteiger partial charge in [-0.1, -0.05) is 23.7 Å². The Bertz CT molecular complexity index is 856. The molecule has 0 amide bonds. The van der Waals surface area contributed by atoms with E-state index in [1.165, 1.54) is 10.6 Å². The van der Waals surface area contributed by atoms with Crippen LogP contribution in [0.3, 0.4) is 0 Å². The smallest absolute Gasteiger partial charge is 0.347 e. The minimum atomic E-state index is -0.319. The van der Waals surface area contributed by atoms with E-state index in [0.717, 1.165) is 18.4 Å². The lowest BCUT2D eigenvalue weighted by Crippen LogP contribution is -2.10. The Morgan fingerprint density at radius 2 is 2.23 bits per heavy atom. The van der Waals surface area contributed by atoms with Crippen molar-refractivity contribution in [2.24, 2.45) is 0 Å². The van der Waals surface area contributed by atoms with E-state index in [2.05, 4.69) is 15.5 Å². The van der Waals surface area contributed by atoms with Crippen LogP contribution in [0.4, 0.5) is 5.69 Å². The first-order valence-corrected chi connectivity index (χ1v) is 7.29. The molecule has 6 nitrogen and oxygen atoms in total. The predicted octanol–water partition coefficient (Wildman–Crippen LogP) is 2.43. The Hall–Kier alpha value is -2.47. The average Bonchev–Trinajstić information content (AvgIpc) is 2.85. The maximum absolute atomic E-state index is 11.6. The van der Waals surface area contributed by atoms with E-state index in [4.69, 9.17) is 11.6 Å². The Labute approximate surface area is 131 Å². The first kappa shape index (κ1) is 14.5. The summed E-state index contributed by atoms with van der Waals surface area (Å²) in [5, 5.41) is 19.5. The van der Waals surface area contributed by atoms with Gasteiger partial charge in [-0.05, 0) is 36.6 Å². The molecule has 2 heterocycles. The highest BCUT2D eigenvalue weighted by Gasteiger charge is 2.07. The lowest BCUT2D eigenvalue weighted by atomic mass is 10.1. The van der Waals surface area contributed by atoms with Crippen molar-refractivity contribution >= 4 is 22.9 Å². The molecule has 0 saturated heterocycles. The largest absolute Gasteiger partial charge is 0.508 e. The number of hydrogen-bond acceptors (Lipinski definition) is 4. The monoisotopic (exact) mass is 318 g/mol. The molecule has 22 heavy (non-hydrogen) atoms. The zero-order chi connectivity index (χ0) is 15.5. The van der Waals surface area contributed by atoms with Crippen LogP contribution in [-0.2, 0) is 6.42 Å². The molecule has 0 aliphatic carbocycles. The summed E-state index contributed by atoms with van der Waals surface area (Å²) in [4.78, 5) is 11.6. The van der Waals surface area contributed by atoms with E-state index in [1.54, 1.807) is 18.2 Å². The third-order valence-corrected chi connectivity index (χ3v) is 3.55. The van der Waals surface area contributed by atoms with Crippen molar-refractivity contribution in [1.82, 2.24) is 14.6 Å². The van der Waals surface area contributed by atoms with Crippen LogP contribution >= 0.6 is 11.6 Å². The maximum Gasteiger partial charge on any atom is 0.347 e. The molecule has 0 aliphatic rings. The average molecular weight is 319 g/mol. The predicted molar refractivity (Wildman–Crippen MR) is 85.7 cm³/mol. The second-order valence-electron chi connectivity index (χ2n) is 4.99. The number of aromatic amines is 1. The van der Waals surface area contributed by atoms with Gasteiger partial charge in [-0.25, -0.2) is 14.3 Å². The number of benzene rings is 1. The summed E-state index contributed by atoms with van der Waals surface area (Å²) in [6.45, 7) is 0.701. The van der Waals surface area contributed by atoms with Crippen LogP contribution in [0.5, 0.6) is 5.75 Å². The molecule has 3 N–H and O–H groups in total. The van der Waals surface area contributed by atoms with Crippen molar-refractivity contribution < 1.29 is 5.11 Å². The molecule has 114 valence electrons. The maximum atomic E-state index is 11.6. The number of phenolic OH excluding ortho intramolecular Hbond substituents is 1. The highest BCUT2D eigenvalue weighted by atomic mass is 35.5. The number of fused-ring (bicyclic) bond motifs is 1. The minimum absolute atomic E-state index is 0.276. The van der Waals surface area contributed by atoms with Gasteiger partial charge in [-0.15, -0.1) is 0 Å². The molecule has 0 unspecified atom stereocenters. The summed E-state index contributed by atoms with van der Waals surface area (Å²) in [7, 11) is 0. The molecule has 0 aliphatic heterocycles. The number of pyridine rings is 1. The third-order valence-electron chi connectivity index (χ3n) is 3.35. The van der Waals surface area contributed by atoms with Crippen molar-refractivity contribution in [1.29, 1.82) is 0 Å². The number of aryl methyl sites for hydroxylation is 1. The van der Waals surface area contributed by atoms with Gasteiger partial charge >= 0.3 is 5.69 Å². The number of phenols is 1. The molecule has 0 fully saturated rings. The standard InChI is InChI=1S/C15H15ClN4O2/c16-11-8-13(14-18-19-15(22)20(14)9-11)17-6-2-4-10-3-1-5-12(21)7-10/h1,3,5,7-9,17,21H,2,4,6H2,(H,19,22). The van der Waals surface area contributed by atoms with Crippen molar-refractivity contribution in [2.45, 2.75) is 12.8 Å². The molecule has 0 radical (unpaired) electrons. The summed E-state index contributed by atoms with van der Waals surface area (Å²) in [6.07, 6.45) is 3.24. The second-order valence-corrected chi connectivity index (χ2v) is 5.43. The number of nitrogens with one attached hydrogen (secondary N) is 2. The van der Waals surface area contributed by atoms with E-state index in [0.29, 0.717) is 22.9 Å². The molecule has 1 aromatic carbocycles. The number of halogens is 1. The highest BCUT2D eigenvalue weighted by Crippen LogP contribution is 2.19. The Morgan fingerprint density at radius 3 is 3.05 bits per heavy atom. The zero-order valence-electron chi connectivity index (χ0n) is 11.7. The van der Waals surface area contributed by atoms with Crippen LogP contribution in [-0.4, -0.2) is 26.2 Å². The van der Waals surface area contributed by atoms with E-state index in [-0.39, 0.29) is 11.4 Å². The topological polar surface area (TPSA) is 82.4 Å². The van der Waals surface area contributed by atoms with Crippen LogP contribution in [0.2, 0.25) is 5.02 Å². The summed E-state index contributed by atoms with van der Waals surface area (Å²) >= 11 is 6.01. The lowest BCUT2D eigenvalue weighted by Gasteiger charge is -2.08. The Balaban J connectivity index is 1.66. The summed E-state index contributed by atoms with van der Waals surface area (Å²) in [6, 6.07) is 8.95. The number of hydrogen-bond donors (Lipinski definition) is 3. The number of aromatic nitrogens is 3. The first-order chi connectivity index (χ1) is 10.6. The van der Waals surface area contributed by atoms with Gasteiger partial charge in [0.25, 0.3) is 0 Å². The fraction of sp³-hybridized carbons (Fsp3) is 0.200. The molecule has 2 aromatic heterocycles. The van der Waals surface area contributed by atoms with Crippen molar-refractivity contribution in [2.75, 3.05) is 11.9 Å². The van der Waals surface area contributed by atoms with Crippen molar-refractivity contribution in [3.05, 3.63) is 57.6 Å². The molecule has 0 bridgehead atoms. The zero-order valence-corrected chi connectivity index (χ0v) is 12.5. The Morgan fingerprint density at radius 1 is 1.36 bits per heavy atom. The van der Waals surface area contributed by atoms with Gasteiger partial charge in [-0.3, -0.25) is 0 Å². The SMILES string of the molecule is O=c1[nH]nc2c(NCCCc3cccc(O)c3)cc(Cl)cn12. The van der Waals surface area contributed by atoms with E-state index in [1.807, 2.05) is 12.1 Å². The molecular formula is C15H15ClN4O2. The molecule has 3 rings (SSSR count). The third kappa shape index (κ3) is 3.07. The van der Waals surface area contributed by atoms with Gasteiger partial charge in [0.1, 0.15) is 5.75 Å². The van der Waals surface area contributed by atoms with Gasteiger partial charge < -0.3 is 10.4 Å². The number of nitrogens with zero attached hydrogens (tertiary/aromatic N) is 2. The minimum Gasteiger partial charge on any atom is -0.508 e. The van der Waals surface area contributed by atoms with Gasteiger partial charge in [0.15, 0.2) is 5.65 Å². The summed E-state index contributed by atoms with van der Waals surface area (Å²) in [5.41, 5.74) is 1.99. The van der Waals surface area contributed by atoms with Gasteiger partial charge in [-0.2, -0.15) is 5.10 Å². The van der Waals surface area contributed by atoms with Crippen LogP contribution in [0, 0.1) is 0 Å². The van der Waals surface area contributed by atoms with Crippen molar-refractivity contribution in [3.8, 4) is 5.75 Å². The number of rotatable bonds is 5.